The molecule has 7 nitrogen and oxygen atoms in total. The smallest absolute Gasteiger partial charge is 0.138 e. The molecule has 0 radical (unpaired) electrons. The average molecular weight is 426 g/mol. The summed E-state index contributed by atoms with van der Waals surface area (Å²) in [5.74, 6) is 1.10. The minimum absolute atomic E-state index is 0.879. The Bertz CT molecular complexity index is 1320. The van der Waals surface area contributed by atoms with Crippen molar-refractivity contribution < 1.29 is 0 Å². The fraction of sp³-hybridized carbons (Fsp3) is 0.280. The quantitative estimate of drug-likeness (QED) is 0.387. The Balaban J connectivity index is 1.10. The van der Waals surface area contributed by atoms with Crippen LogP contribution < -0.4 is 4.90 Å². The van der Waals surface area contributed by atoms with Crippen molar-refractivity contribution in [2.45, 2.75) is 12.8 Å². The van der Waals surface area contributed by atoms with Gasteiger partial charge < -0.3 is 19.9 Å². The monoisotopic (exact) mass is 425 g/mol. The summed E-state index contributed by atoms with van der Waals surface area (Å²) >= 11 is 0. The number of nitrogens with zero attached hydrogens (tertiary/aromatic N) is 4. The molecule has 1 saturated heterocycles. The largest absolute Gasteiger partial charge is 0.361 e. The first kappa shape index (κ1) is 19.1. The van der Waals surface area contributed by atoms with Crippen LogP contribution in [0.3, 0.4) is 0 Å². The van der Waals surface area contributed by atoms with E-state index < -0.39 is 0 Å². The molecular weight excluding hydrogens is 398 g/mol. The predicted octanol–water partition coefficient (Wildman–Crippen LogP) is 3.72. The number of hydrogen-bond donors (Lipinski definition) is 3. The Morgan fingerprint density at radius 1 is 0.906 bits per heavy atom. The van der Waals surface area contributed by atoms with Gasteiger partial charge in [0.25, 0.3) is 0 Å². The lowest BCUT2D eigenvalue weighted by Gasteiger charge is -2.35. The third kappa shape index (κ3) is 3.65. The lowest BCUT2D eigenvalue weighted by molar-refractivity contribution is 0.261. The molecule has 0 amide bonds. The van der Waals surface area contributed by atoms with Crippen molar-refractivity contribution in [1.29, 1.82) is 0 Å². The van der Waals surface area contributed by atoms with Gasteiger partial charge >= 0.3 is 0 Å². The molecule has 1 aliphatic rings. The highest BCUT2D eigenvalue weighted by Gasteiger charge is 2.20. The first-order chi connectivity index (χ1) is 15.8. The number of aromatic nitrogens is 5. The second kappa shape index (κ2) is 8.16. The van der Waals surface area contributed by atoms with Crippen LogP contribution >= 0.6 is 0 Å². The first-order valence-electron chi connectivity index (χ1n) is 11.3. The summed E-state index contributed by atoms with van der Waals surface area (Å²) < 4.78 is 0. The van der Waals surface area contributed by atoms with Gasteiger partial charge in [-0.1, -0.05) is 6.07 Å². The molecule has 1 aliphatic heterocycles. The molecule has 5 heterocycles. The van der Waals surface area contributed by atoms with Crippen LogP contribution in [0, 0.1) is 0 Å². The number of benzene rings is 1. The van der Waals surface area contributed by atoms with Gasteiger partial charge in [0.1, 0.15) is 5.82 Å². The number of piperazine rings is 1. The summed E-state index contributed by atoms with van der Waals surface area (Å²) in [4.78, 5) is 23.7. The van der Waals surface area contributed by atoms with E-state index in [-0.39, 0.29) is 0 Å². The van der Waals surface area contributed by atoms with Crippen LogP contribution in [0.15, 0.2) is 61.4 Å². The topological polar surface area (TPSA) is 79.6 Å². The molecule has 4 aromatic heterocycles. The Kier molecular flexibility index (Phi) is 4.88. The fourth-order valence-corrected chi connectivity index (χ4v) is 4.82. The maximum absolute atomic E-state index is 4.66. The van der Waals surface area contributed by atoms with Gasteiger partial charge in [-0.3, -0.25) is 4.90 Å². The summed E-state index contributed by atoms with van der Waals surface area (Å²) in [6.07, 6.45) is 11.6. The Morgan fingerprint density at radius 2 is 1.81 bits per heavy atom. The molecule has 0 aliphatic carbocycles. The molecule has 0 saturated carbocycles. The van der Waals surface area contributed by atoms with Crippen molar-refractivity contribution in [1.82, 2.24) is 29.8 Å². The van der Waals surface area contributed by atoms with Gasteiger partial charge in [-0.2, -0.15) is 0 Å². The SMILES string of the molecule is c1cc2[nH]ccc2c(N2CCN(CCc3c[nH]c4ccc(Cc5cnc[nH]5)cc34)CC2)n1. The highest BCUT2D eigenvalue weighted by atomic mass is 15.3. The molecule has 5 aromatic rings. The molecule has 6 rings (SSSR count). The lowest BCUT2D eigenvalue weighted by Crippen LogP contribution is -2.47. The summed E-state index contributed by atoms with van der Waals surface area (Å²) in [5.41, 5.74) is 6.21. The maximum Gasteiger partial charge on any atom is 0.138 e. The zero-order chi connectivity index (χ0) is 21.3. The van der Waals surface area contributed by atoms with E-state index in [4.69, 9.17) is 0 Å². The molecular formula is C25H27N7. The van der Waals surface area contributed by atoms with Crippen molar-refractivity contribution >= 4 is 27.6 Å². The van der Waals surface area contributed by atoms with Gasteiger partial charge in [0.15, 0.2) is 0 Å². The zero-order valence-electron chi connectivity index (χ0n) is 18.0. The molecule has 7 heteroatoms. The van der Waals surface area contributed by atoms with Gasteiger partial charge in [-0.25, -0.2) is 9.97 Å². The van der Waals surface area contributed by atoms with E-state index in [1.54, 1.807) is 6.33 Å². The van der Waals surface area contributed by atoms with Gasteiger partial charge in [0, 0.05) is 85.9 Å². The van der Waals surface area contributed by atoms with E-state index >= 15 is 0 Å². The average Bonchev–Trinajstić information content (AvgIpc) is 3.59. The second-order valence-corrected chi connectivity index (χ2v) is 8.60. The van der Waals surface area contributed by atoms with Crippen LogP contribution in [-0.2, 0) is 12.8 Å². The molecule has 0 spiro atoms. The third-order valence-electron chi connectivity index (χ3n) is 6.61. The van der Waals surface area contributed by atoms with Crippen molar-refractivity contribution in [3.05, 3.63) is 78.3 Å². The van der Waals surface area contributed by atoms with E-state index in [0.717, 1.165) is 62.6 Å². The molecule has 3 N–H and O–H groups in total. The van der Waals surface area contributed by atoms with Crippen LogP contribution in [0.5, 0.6) is 0 Å². The van der Waals surface area contributed by atoms with Crippen molar-refractivity contribution in [2.24, 2.45) is 0 Å². The summed E-state index contributed by atoms with van der Waals surface area (Å²) in [6.45, 7) is 5.23. The van der Waals surface area contributed by atoms with Crippen LogP contribution in [0.25, 0.3) is 21.8 Å². The number of rotatable bonds is 6. The van der Waals surface area contributed by atoms with Crippen LogP contribution in [-0.4, -0.2) is 62.5 Å². The number of imidazole rings is 1. The molecule has 1 fully saturated rings. The first-order valence-corrected chi connectivity index (χ1v) is 11.3. The highest BCUT2D eigenvalue weighted by Crippen LogP contribution is 2.25. The number of H-pyrrole nitrogens is 3. The summed E-state index contributed by atoms with van der Waals surface area (Å²) in [7, 11) is 0. The fourth-order valence-electron chi connectivity index (χ4n) is 4.82. The highest BCUT2D eigenvalue weighted by molar-refractivity contribution is 5.90. The molecule has 162 valence electrons. The van der Waals surface area contributed by atoms with E-state index in [1.165, 1.54) is 27.4 Å². The predicted molar refractivity (Wildman–Crippen MR) is 128 cm³/mol. The molecule has 0 unspecified atom stereocenters. The molecule has 0 bridgehead atoms. The van der Waals surface area contributed by atoms with Crippen LogP contribution in [0.4, 0.5) is 5.82 Å². The number of anilines is 1. The normalized spacial score (nSPS) is 15.2. The lowest BCUT2D eigenvalue weighted by atomic mass is 10.0. The Morgan fingerprint density at radius 3 is 2.69 bits per heavy atom. The summed E-state index contributed by atoms with van der Waals surface area (Å²) in [5, 5.41) is 2.55. The molecule has 0 atom stereocenters. The van der Waals surface area contributed by atoms with Gasteiger partial charge in [0.2, 0.25) is 0 Å². The van der Waals surface area contributed by atoms with Crippen molar-refractivity contribution in [3.8, 4) is 0 Å². The van der Waals surface area contributed by atoms with E-state index in [1.807, 2.05) is 24.7 Å². The number of nitrogens with one attached hydrogen (secondary N) is 3. The van der Waals surface area contributed by atoms with E-state index in [0.29, 0.717) is 0 Å². The number of aromatic amines is 3. The van der Waals surface area contributed by atoms with Crippen molar-refractivity contribution in [2.75, 3.05) is 37.6 Å². The number of hydrogen-bond acceptors (Lipinski definition) is 4. The third-order valence-corrected chi connectivity index (χ3v) is 6.61. The minimum Gasteiger partial charge on any atom is -0.361 e. The minimum atomic E-state index is 0.879. The Labute approximate surface area is 186 Å². The summed E-state index contributed by atoms with van der Waals surface area (Å²) in [6, 6.07) is 10.9. The Hall–Kier alpha value is -3.58. The van der Waals surface area contributed by atoms with Crippen LogP contribution in [0.2, 0.25) is 0 Å². The van der Waals surface area contributed by atoms with Gasteiger partial charge in [-0.05, 0) is 41.8 Å². The van der Waals surface area contributed by atoms with Crippen LogP contribution in [0.1, 0.15) is 16.8 Å². The van der Waals surface area contributed by atoms with Crippen molar-refractivity contribution in [3.63, 3.8) is 0 Å². The molecule has 1 aromatic carbocycles. The zero-order valence-corrected chi connectivity index (χ0v) is 18.0. The second-order valence-electron chi connectivity index (χ2n) is 8.60. The van der Waals surface area contributed by atoms with E-state index in [9.17, 15) is 0 Å². The van der Waals surface area contributed by atoms with Gasteiger partial charge in [-0.15, -0.1) is 0 Å². The molecule has 32 heavy (non-hydrogen) atoms. The van der Waals surface area contributed by atoms with Gasteiger partial charge in [0.05, 0.1) is 11.8 Å². The number of fused-ring (bicyclic) bond motifs is 2. The van der Waals surface area contributed by atoms with E-state index in [2.05, 4.69) is 65.2 Å². The standard InChI is InChI=1S/C25H27N7/c1-2-23-22(14-18(1)13-20-16-26-17-30-20)19(15-29-23)5-8-31-9-11-32(12-10-31)25-21-3-6-27-24(21)4-7-28-25/h1-4,6-7,14-17,27,29H,5,8-13H2,(H,26,30). The number of pyridine rings is 1. The maximum atomic E-state index is 4.66.